The van der Waals surface area contributed by atoms with Gasteiger partial charge in [-0.25, -0.2) is 9.59 Å². The minimum absolute atomic E-state index is 0.0573. The monoisotopic (exact) mass is 455 g/mol. The van der Waals surface area contributed by atoms with Crippen LogP contribution in [0.4, 0.5) is 4.79 Å². The summed E-state index contributed by atoms with van der Waals surface area (Å²) in [6.45, 7) is -0.431. The number of benzene rings is 2. The van der Waals surface area contributed by atoms with Crippen molar-refractivity contribution < 1.29 is 19.1 Å². The summed E-state index contributed by atoms with van der Waals surface area (Å²) in [5.74, 6) is -1.11. The molecule has 0 heterocycles. The van der Waals surface area contributed by atoms with Crippen molar-refractivity contribution in [2.75, 3.05) is 6.54 Å². The summed E-state index contributed by atoms with van der Waals surface area (Å²) in [6.07, 6.45) is -0.796. The summed E-state index contributed by atoms with van der Waals surface area (Å²) in [5, 5.41) is 1.60. The Morgan fingerprint density at radius 2 is 1.38 bits per heavy atom. The quantitative estimate of drug-likeness (QED) is 0.267. The lowest BCUT2D eigenvalue weighted by Crippen LogP contribution is -2.32. The van der Waals surface area contributed by atoms with Gasteiger partial charge < -0.3 is 14.8 Å². The van der Waals surface area contributed by atoms with E-state index in [9.17, 15) is 9.59 Å². The average Bonchev–Trinajstić information content (AvgIpc) is 2.65. The van der Waals surface area contributed by atoms with Crippen molar-refractivity contribution in [2.45, 2.75) is 6.61 Å². The first-order valence-electron chi connectivity index (χ1n) is 6.98. The van der Waals surface area contributed by atoms with Crippen molar-refractivity contribution >= 4 is 70.1 Å². The zero-order valence-corrected chi connectivity index (χ0v) is 16.6. The van der Waals surface area contributed by atoms with Crippen LogP contribution in [0.3, 0.4) is 0 Å². The number of rotatable bonds is 5. The van der Waals surface area contributed by atoms with Gasteiger partial charge in [-0.15, -0.1) is 0 Å². The molecule has 0 aliphatic rings. The molecule has 0 saturated carbocycles. The highest BCUT2D eigenvalue weighted by molar-refractivity contribution is 6.55. The minimum atomic E-state index is -0.861. The third kappa shape index (κ3) is 5.32. The van der Waals surface area contributed by atoms with E-state index in [0.29, 0.717) is 0 Å². The van der Waals surface area contributed by atoms with E-state index in [1.807, 2.05) is 18.2 Å². The average molecular weight is 458 g/mol. The molecule has 26 heavy (non-hydrogen) atoms. The maximum absolute atomic E-state index is 11.9. The van der Waals surface area contributed by atoms with E-state index in [2.05, 4.69) is 5.32 Å². The number of carbonyl (C=O) groups is 2. The molecule has 0 saturated heterocycles. The summed E-state index contributed by atoms with van der Waals surface area (Å²) in [7, 11) is 0. The molecule has 2 rings (SSSR count). The molecule has 0 aliphatic carbocycles. The lowest BCUT2D eigenvalue weighted by molar-refractivity contribution is -0.133. The fourth-order valence-corrected chi connectivity index (χ4v) is 2.94. The van der Waals surface area contributed by atoms with Gasteiger partial charge in [-0.05, 0) is 5.56 Å². The zero-order chi connectivity index (χ0) is 19.3. The van der Waals surface area contributed by atoms with Crippen LogP contribution in [0, 0.1) is 0 Å². The molecule has 2 aromatic carbocycles. The Balaban J connectivity index is 1.90. The van der Waals surface area contributed by atoms with E-state index in [4.69, 9.17) is 67.5 Å². The summed E-state index contributed by atoms with van der Waals surface area (Å²) in [6, 6.07) is 9.04. The maximum atomic E-state index is 11.9. The molecule has 1 amide bonds. The molecule has 138 valence electrons. The fraction of sp³-hybridized carbons (Fsp3) is 0.125. The Morgan fingerprint density at radius 1 is 0.846 bits per heavy atom. The molecular weight excluding hydrogens is 447 g/mol. The number of hydrogen-bond acceptors (Lipinski definition) is 4. The van der Waals surface area contributed by atoms with E-state index in [0.717, 1.165) is 5.56 Å². The van der Waals surface area contributed by atoms with Gasteiger partial charge in [0.15, 0.2) is 5.75 Å². The van der Waals surface area contributed by atoms with Crippen LogP contribution in [0.2, 0.25) is 25.1 Å². The maximum Gasteiger partial charge on any atom is 0.407 e. The highest BCUT2D eigenvalue weighted by atomic mass is 35.5. The Kier molecular flexibility index (Phi) is 7.68. The molecule has 0 aliphatic heterocycles. The van der Waals surface area contributed by atoms with E-state index >= 15 is 0 Å². The van der Waals surface area contributed by atoms with Crippen LogP contribution in [0.1, 0.15) is 5.56 Å². The fourth-order valence-electron chi connectivity index (χ4n) is 1.74. The van der Waals surface area contributed by atoms with Gasteiger partial charge in [-0.2, -0.15) is 0 Å². The van der Waals surface area contributed by atoms with Crippen molar-refractivity contribution in [3.63, 3.8) is 0 Å². The molecule has 0 radical (unpaired) electrons. The van der Waals surface area contributed by atoms with Gasteiger partial charge in [0.05, 0.1) is 15.1 Å². The molecule has 0 bridgehead atoms. The minimum Gasteiger partial charge on any atom is -0.445 e. The van der Waals surface area contributed by atoms with Crippen LogP contribution >= 0.6 is 58.0 Å². The van der Waals surface area contributed by atoms with Crippen LogP contribution in [0.5, 0.6) is 5.75 Å². The molecule has 0 atom stereocenters. The first-order chi connectivity index (χ1) is 12.3. The summed E-state index contributed by atoms with van der Waals surface area (Å²) >= 11 is 29.5. The van der Waals surface area contributed by atoms with Crippen molar-refractivity contribution in [3.8, 4) is 5.75 Å². The SMILES string of the molecule is O=C(CNC(=O)OCc1ccccc1)Oc1c(Cl)c(Cl)c(Cl)c(Cl)c1Cl. The summed E-state index contributed by atoms with van der Waals surface area (Å²) in [5.41, 5.74) is 0.800. The molecule has 2 aromatic rings. The molecule has 0 unspecified atom stereocenters. The number of esters is 1. The molecule has 10 heteroatoms. The third-order valence-electron chi connectivity index (χ3n) is 2.98. The van der Waals surface area contributed by atoms with Gasteiger partial charge >= 0.3 is 12.1 Å². The number of alkyl carbamates (subject to hydrolysis) is 1. The van der Waals surface area contributed by atoms with Crippen molar-refractivity contribution in [2.24, 2.45) is 0 Å². The summed E-state index contributed by atoms with van der Waals surface area (Å²) in [4.78, 5) is 23.5. The molecule has 0 fully saturated rings. The molecule has 5 nitrogen and oxygen atoms in total. The Labute approximate surface area is 174 Å². The van der Waals surface area contributed by atoms with Gasteiger partial charge in [0.2, 0.25) is 0 Å². The molecule has 0 aromatic heterocycles. The number of ether oxygens (including phenoxy) is 2. The van der Waals surface area contributed by atoms with E-state index in [1.54, 1.807) is 12.1 Å². The third-order valence-corrected chi connectivity index (χ3v) is 5.22. The van der Waals surface area contributed by atoms with E-state index in [1.165, 1.54) is 0 Å². The van der Waals surface area contributed by atoms with Gasteiger partial charge in [0.1, 0.15) is 23.2 Å². The zero-order valence-electron chi connectivity index (χ0n) is 12.8. The highest BCUT2D eigenvalue weighted by Crippen LogP contribution is 2.48. The van der Waals surface area contributed by atoms with Gasteiger partial charge in [0.25, 0.3) is 0 Å². The lowest BCUT2D eigenvalue weighted by Gasteiger charge is -2.12. The normalized spacial score (nSPS) is 10.3. The number of amides is 1. The van der Waals surface area contributed by atoms with E-state index in [-0.39, 0.29) is 37.5 Å². The Morgan fingerprint density at radius 3 is 1.96 bits per heavy atom. The highest BCUT2D eigenvalue weighted by Gasteiger charge is 2.22. The first-order valence-corrected chi connectivity index (χ1v) is 8.87. The van der Waals surface area contributed by atoms with Gasteiger partial charge in [0, 0.05) is 0 Å². The second kappa shape index (κ2) is 9.53. The summed E-state index contributed by atoms with van der Waals surface area (Å²) < 4.78 is 9.97. The first kappa shape index (κ1) is 20.9. The van der Waals surface area contributed by atoms with Gasteiger partial charge in [-0.3, -0.25) is 0 Å². The Bertz CT molecular complexity index is 800. The van der Waals surface area contributed by atoms with Crippen molar-refractivity contribution in [1.82, 2.24) is 5.32 Å². The van der Waals surface area contributed by atoms with Crippen LogP contribution < -0.4 is 10.1 Å². The number of halogens is 5. The molecular formula is C16H10Cl5NO4. The van der Waals surface area contributed by atoms with E-state index < -0.39 is 18.6 Å². The van der Waals surface area contributed by atoms with Crippen LogP contribution in [-0.2, 0) is 16.1 Å². The number of carbonyl (C=O) groups excluding carboxylic acids is 2. The smallest absolute Gasteiger partial charge is 0.407 e. The number of hydrogen-bond donors (Lipinski definition) is 1. The predicted octanol–water partition coefficient (Wildman–Crippen LogP) is 5.79. The van der Waals surface area contributed by atoms with Crippen LogP contribution in [-0.4, -0.2) is 18.6 Å². The standard InChI is InChI=1S/C16H10Cl5NO4/c17-10-11(18)13(20)15(14(21)12(10)19)26-9(23)6-22-16(24)25-7-8-4-2-1-3-5-8/h1-5H,6-7H2,(H,22,24). The largest absolute Gasteiger partial charge is 0.445 e. The lowest BCUT2D eigenvalue weighted by atomic mass is 10.2. The second-order valence-corrected chi connectivity index (χ2v) is 6.68. The van der Waals surface area contributed by atoms with Crippen LogP contribution in [0.15, 0.2) is 30.3 Å². The van der Waals surface area contributed by atoms with Crippen molar-refractivity contribution in [3.05, 3.63) is 61.0 Å². The van der Waals surface area contributed by atoms with Gasteiger partial charge in [-0.1, -0.05) is 88.3 Å². The topological polar surface area (TPSA) is 64.6 Å². The number of nitrogens with one attached hydrogen (secondary N) is 1. The van der Waals surface area contributed by atoms with Crippen LogP contribution in [0.25, 0.3) is 0 Å². The predicted molar refractivity (Wildman–Crippen MR) is 102 cm³/mol. The van der Waals surface area contributed by atoms with Crippen molar-refractivity contribution in [1.29, 1.82) is 0 Å². The molecule has 0 spiro atoms. The Hall–Kier alpha value is -1.37. The molecule has 1 N–H and O–H groups in total. The second-order valence-electron chi connectivity index (χ2n) is 4.79.